The summed E-state index contributed by atoms with van der Waals surface area (Å²) in [6.45, 7) is 5.75. The minimum absolute atomic E-state index is 0.201. The van der Waals surface area contributed by atoms with E-state index >= 15 is 0 Å². The molecule has 2 heterocycles. The van der Waals surface area contributed by atoms with Gasteiger partial charge in [-0.1, -0.05) is 0 Å². The van der Waals surface area contributed by atoms with Crippen LogP contribution in [-0.4, -0.2) is 35.3 Å². The minimum atomic E-state index is 0.201. The second kappa shape index (κ2) is 4.55. The van der Waals surface area contributed by atoms with E-state index in [4.69, 9.17) is 10.5 Å². The van der Waals surface area contributed by atoms with Crippen LogP contribution < -0.4 is 10.6 Å². The molecule has 6 heteroatoms. The second-order valence-electron chi connectivity index (χ2n) is 4.06. The van der Waals surface area contributed by atoms with Crippen molar-refractivity contribution in [3.05, 3.63) is 10.8 Å². The molecule has 0 aliphatic carbocycles. The van der Waals surface area contributed by atoms with Gasteiger partial charge in [0.2, 0.25) is 0 Å². The Hall–Kier alpha value is -0.880. The topological polar surface area (TPSA) is 64.3 Å². The molecule has 2 atom stereocenters. The van der Waals surface area contributed by atoms with Gasteiger partial charge in [-0.3, -0.25) is 0 Å². The highest BCUT2D eigenvalue weighted by Crippen LogP contribution is 2.29. The Kier molecular flexibility index (Phi) is 3.30. The summed E-state index contributed by atoms with van der Waals surface area (Å²) < 4.78 is 6.44. The number of halogens is 1. The zero-order valence-electron chi connectivity index (χ0n) is 9.35. The van der Waals surface area contributed by atoms with Crippen LogP contribution in [0.1, 0.15) is 13.8 Å². The SMILES string of the molecule is C[C@@H]1CN(c2ncnc(N)c2Br)C[C@H](C)O1. The van der Waals surface area contributed by atoms with E-state index in [0.717, 1.165) is 23.4 Å². The third-order valence-electron chi connectivity index (χ3n) is 2.52. The summed E-state index contributed by atoms with van der Waals surface area (Å²) in [5.74, 6) is 1.31. The van der Waals surface area contributed by atoms with E-state index in [9.17, 15) is 0 Å². The number of hydrogen-bond donors (Lipinski definition) is 1. The zero-order chi connectivity index (χ0) is 11.7. The van der Waals surface area contributed by atoms with E-state index in [1.54, 1.807) is 0 Å². The molecule has 2 rings (SSSR count). The lowest BCUT2D eigenvalue weighted by atomic mass is 10.2. The number of nitrogen functional groups attached to an aromatic ring is 1. The van der Waals surface area contributed by atoms with Gasteiger partial charge in [0, 0.05) is 13.1 Å². The third kappa shape index (κ3) is 2.27. The molecule has 1 aromatic heterocycles. The van der Waals surface area contributed by atoms with Crippen molar-refractivity contribution >= 4 is 27.6 Å². The first-order valence-electron chi connectivity index (χ1n) is 5.24. The highest BCUT2D eigenvalue weighted by Gasteiger charge is 2.25. The van der Waals surface area contributed by atoms with Crippen LogP contribution in [0.25, 0.3) is 0 Å². The van der Waals surface area contributed by atoms with Gasteiger partial charge in [0.1, 0.15) is 22.4 Å². The van der Waals surface area contributed by atoms with Gasteiger partial charge in [0.05, 0.1) is 12.2 Å². The summed E-state index contributed by atoms with van der Waals surface area (Å²) in [5.41, 5.74) is 5.74. The van der Waals surface area contributed by atoms with E-state index in [-0.39, 0.29) is 12.2 Å². The number of anilines is 2. The summed E-state index contributed by atoms with van der Waals surface area (Å²) in [6, 6.07) is 0. The fraction of sp³-hybridized carbons (Fsp3) is 0.600. The summed E-state index contributed by atoms with van der Waals surface area (Å²) in [4.78, 5) is 10.4. The fourth-order valence-electron chi connectivity index (χ4n) is 1.94. The van der Waals surface area contributed by atoms with Gasteiger partial charge < -0.3 is 15.4 Å². The van der Waals surface area contributed by atoms with Crippen LogP contribution in [-0.2, 0) is 4.74 Å². The van der Waals surface area contributed by atoms with Gasteiger partial charge >= 0.3 is 0 Å². The Morgan fingerprint density at radius 2 is 2.00 bits per heavy atom. The minimum Gasteiger partial charge on any atom is -0.383 e. The van der Waals surface area contributed by atoms with E-state index in [2.05, 4.69) is 44.6 Å². The molecule has 0 spiro atoms. The van der Waals surface area contributed by atoms with E-state index < -0.39 is 0 Å². The third-order valence-corrected chi connectivity index (χ3v) is 3.28. The van der Waals surface area contributed by atoms with Crippen molar-refractivity contribution in [3.63, 3.8) is 0 Å². The van der Waals surface area contributed by atoms with Gasteiger partial charge in [-0.15, -0.1) is 0 Å². The molecule has 0 saturated carbocycles. The van der Waals surface area contributed by atoms with Crippen LogP contribution in [0, 0.1) is 0 Å². The molecule has 88 valence electrons. The Balaban J connectivity index is 2.26. The number of ether oxygens (including phenoxy) is 1. The molecule has 1 aromatic rings. The average molecular weight is 287 g/mol. The summed E-state index contributed by atoms with van der Waals surface area (Å²) >= 11 is 3.42. The van der Waals surface area contributed by atoms with Crippen molar-refractivity contribution < 1.29 is 4.74 Å². The molecule has 0 aromatic carbocycles. The summed E-state index contributed by atoms with van der Waals surface area (Å²) in [7, 11) is 0. The molecule has 2 N–H and O–H groups in total. The van der Waals surface area contributed by atoms with Crippen molar-refractivity contribution in [1.29, 1.82) is 0 Å². The molecule has 16 heavy (non-hydrogen) atoms. The summed E-state index contributed by atoms with van der Waals surface area (Å²) in [6.07, 6.45) is 1.89. The Morgan fingerprint density at radius 1 is 1.38 bits per heavy atom. The van der Waals surface area contributed by atoms with Crippen molar-refractivity contribution in [2.24, 2.45) is 0 Å². The maximum Gasteiger partial charge on any atom is 0.148 e. The van der Waals surface area contributed by atoms with Crippen LogP contribution >= 0.6 is 15.9 Å². The molecule has 1 aliphatic heterocycles. The molecule has 1 saturated heterocycles. The van der Waals surface area contributed by atoms with Crippen molar-refractivity contribution in [2.45, 2.75) is 26.1 Å². The van der Waals surface area contributed by atoms with Crippen LogP contribution in [0.2, 0.25) is 0 Å². The molecule has 1 aliphatic rings. The molecular weight excluding hydrogens is 272 g/mol. The van der Waals surface area contributed by atoms with Gasteiger partial charge in [-0.2, -0.15) is 0 Å². The monoisotopic (exact) mass is 286 g/mol. The lowest BCUT2D eigenvalue weighted by Gasteiger charge is -2.36. The first-order chi connectivity index (χ1) is 7.58. The molecule has 0 radical (unpaired) electrons. The van der Waals surface area contributed by atoms with Gasteiger partial charge in [-0.25, -0.2) is 9.97 Å². The maximum absolute atomic E-state index is 5.74. The van der Waals surface area contributed by atoms with Gasteiger partial charge in [-0.05, 0) is 29.8 Å². The normalized spacial score (nSPS) is 25.8. The molecule has 0 bridgehead atoms. The second-order valence-corrected chi connectivity index (χ2v) is 4.85. The maximum atomic E-state index is 5.74. The number of rotatable bonds is 1. The number of morpholine rings is 1. The predicted octanol–water partition coefficient (Wildman–Crippen LogP) is 1.43. The Bertz CT molecular complexity index is 377. The fourth-order valence-corrected chi connectivity index (χ4v) is 2.40. The molecule has 5 nitrogen and oxygen atoms in total. The predicted molar refractivity (Wildman–Crippen MR) is 66.4 cm³/mol. The van der Waals surface area contributed by atoms with Crippen LogP contribution in [0.15, 0.2) is 10.8 Å². The van der Waals surface area contributed by atoms with E-state index in [1.807, 2.05) is 0 Å². The first-order valence-corrected chi connectivity index (χ1v) is 6.03. The lowest BCUT2D eigenvalue weighted by Crippen LogP contribution is -2.46. The molecule has 0 amide bonds. The van der Waals surface area contributed by atoms with Crippen molar-refractivity contribution in [3.8, 4) is 0 Å². The number of aromatic nitrogens is 2. The van der Waals surface area contributed by atoms with Crippen LogP contribution in [0.5, 0.6) is 0 Å². The number of nitrogens with two attached hydrogens (primary N) is 1. The first kappa shape index (κ1) is 11.6. The molecule has 0 unspecified atom stereocenters. The molecule has 1 fully saturated rings. The van der Waals surface area contributed by atoms with Crippen molar-refractivity contribution in [2.75, 3.05) is 23.7 Å². The zero-order valence-corrected chi connectivity index (χ0v) is 10.9. The quantitative estimate of drug-likeness (QED) is 0.846. The van der Waals surface area contributed by atoms with Crippen LogP contribution in [0.3, 0.4) is 0 Å². The molecular formula is C10H15BrN4O. The van der Waals surface area contributed by atoms with Gasteiger partial charge in [0.25, 0.3) is 0 Å². The summed E-state index contributed by atoms with van der Waals surface area (Å²) in [5, 5.41) is 0. The Labute approximate surface area is 103 Å². The van der Waals surface area contributed by atoms with Gasteiger partial charge in [0.15, 0.2) is 0 Å². The Morgan fingerprint density at radius 3 is 2.62 bits per heavy atom. The largest absolute Gasteiger partial charge is 0.383 e. The average Bonchev–Trinajstić information content (AvgIpc) is 2.20. The highest BCUT2D eigenvalue weighted by atomic mass is 79.9. The van der Waals surface area contributed by atoms with E-state index in [0.29, 0.717) is 5.82 Å². The number of nitrogens with zero attached hydrogens (tertiary/aromatic N) is 3. The highest BCUT2D eigenvalue weighted by molar-refractivity contribution is 9.10. The van der Waals surface area contributed by atoms with Crippen molar-refractivity contribution in [1.82, 2.24) is 9.97 Å². The lowest BCUT2D eigenvalue weighted by molar-refractivity contribution is -0.00550. The van der Waals surface area contributed by atoms with Crippen LogP contribution in [0.4, 0.5) is 11.6 Å². The standard InChI is InChI=1S/C10H15BrN4O/c1-6-3-15(4-7(2)16-6)10-8(11)9(12)13-5-14-10/h5-7H,3-4H2,1-2H3,(H2,12,13,14)/t6-,7+. The van der Waals surface area contributed by atoms with E-state index in [1.165, 1.54) is 6.33 Å². The smallest absolute Gasteiger partial charge is 0.148 e. The number of hydrogen-bond acceptors (Lipinski definition) is 5.